The van der Waals surface area contributed by atoms with Gasteiger partial charge in [0.05, 0.1) is 35.4 Å². The van der Waals surface area contributed by atoms with Gasteiger partial charge in [-0.1, -0.05) is 17.3 Å². The highest BCUT2D eigenvalue weighted by Gasteiger charge is 2.29. The van der Waals surface area contributed by atoms with Crippen LogP contribution in [0.3, 0.4) is 0 Å². The Bertz CT molecular complexity index is 1050. The van der Waals surface area contributed by atoms with Crippen LogP contribution in [0.25, 0.3) is 16.9 Å². The van der Waals surface area contributed by atoms with Crippen molar-refractivity contribution in [2.45, 2.75) is 12.8 Å². The molecule has 1 aromatic carbocycles. The van der Waals surface area contributed by atoms with Crippen molar-refractivity contribution in [1.82, 2.24) is 25.0 Å². The quantitative estimate of drug-likeness (QED) is 0.451. The summed E-state index contributed by atoms with van der Waals surface area (Å²) < 4.78 is 1.28. The number of rotatable bonds is 7. The Kier molecular flexibility index (Phi) is 5.14. The molecule has 0 amide bonds. The average molecular weight is 363 g/mol. The van der Waals surface area contributed by atoms with E-state index in [1.807, 2.05) is 12.1 Å². The molecule has 0 unspecified atom stereocenters. The van der Waals surface area contributed by atoms with Gasteiger partial charge in [0.1, 0.15) is 11.8 Å². The number of nitriles is 2. The average Bonchev–Trinajstić information content (AvgIpc) is 3.11. The molecule has 0 atom stereocenters. The van der Waals surface area contributed by atoms with Crippen molar-refractivity contribution in [3.8, 4) is 18.0 Å². The summed E-state index contributed by atoms with van der Waals surface area (Å²) in [6.07, 6.45) is 1.46. The monoisotopic (exact) mass is 363 g/mol. The van der Waals surface area contributed by atoms with E-state index in [9.17, 15) is 10.1 Å². The van der Waals surface area contributed by atoms with E-state index in [2.05, 4.69) is 20.3 Å². The van der Waals surface area contributed by atoms with Crippen LogP contribution in [-0.2, 0) is 0 Å². The van der Waals surface area contributed by atoms with Crippen LogP contribution < -0.4 is 4.90 Å². The number of fused-ring (bicyclic) bond motifs is 1. The normalized spacial score (nSPS) is 10.3. The Hall–Kier alpha value is -4.12. The van der Waals surface area contributed by atoms with E-state index in [-0.39, 0.29) is 43.3 Å². The smallest absolute Gasteiger partial charge is 0.349 e. The van der Waals surface area contributed by atoms with E-state index >= 15 is 0 Å². The molecular weight excluding hydrogens is 350 g/mol. The molecule has 0 fully saturated rings. The maximum absolute atomic E-state index is 11.8. The fraction of sp³-hybridized carbons (Fsp3) is 0.250. The van der Waals surface area contributed by atoms with Gasteiger partial charge >= 0.3 is 5.69 Å². The third-order valence-corrected chi connectivity index (χ3v) is 3.81. The van der Waals surface area contributed by atoms with Gasteiger partial charge in [0.2, 0.25) is 11.6 Å². The number of para-hydroxylation sites is 1. The molecule has 3 aromatic rings. The number of nitrogens with zero attached hydrogens (tertiary/aromatic N) is 9. The number of nitro groups is 1. The number of hydrogen-bond acceptors (Lipinski definition) is 9. The van der Waals surface area contributed by atoms with Gasteiger partial charge in [-0.25, -0.2) is 9.97 Å². The first-order valence-electron chi connectivity index (χ1n) is 7.96. The zero-order valence-corrected chi connectivity index (χ0v) is 14.1. The Labute approximate surface area is 153 Å². The van der Waals surface area contributed by atoms with Crippen molar-refractivity contribution >= 4 is 22.5 Å². The van der Waals surface area contributed by atoms with Gasteiger partial charge in [0, 0.05) is 13.1 Å². The highest BCUT2D eigenvalue weighted by molar-refractivity contribution is 5.77. The van der Waals surface area contributed by atoms with Crippen LogP contribution in [0.2, 0.25) is 0 Å². The lowest BCUT2D eigenvalue weighted by Gasteiger charge is -2.21. The minimum Gasteiger partial charge on any atom is -0.349 e. The van der Waals surface area contributed by atoms with Crippen molar-refractivity contribution in [2.75, 3.05) is 18.0 Å². The molecule has 2 heterocycles. The van der Waals surface area contributed by atoms with Gasteiger partial charge in [-0.15, -0.1) is 5.10 Å². The van der Waals surface area contributed by atoms with Crippen LogP contribution in [0.15, 0.2) is 30.6 Å². The van der Waals surface area contributed by atoms with Gasteiger partial charge in [-0.3, -0.25) is 10.1 Å². The lowest BCUT2D eigenvalue weighted by Crippen LogP contribution is -2.28. The van der Waals surface area contributed by atoms with Crippen molar-refractivity contribution in [3.05, 3.63) is 40.7 Å². The Morgan fingerprint density at radius 1 is 1.15 bits per heavy atom. The molecule has 0 bridgehead atoms. The highest BCUT2D eigenvalue weighted by Crippen LogP contribution is 2.31. The number of anilines is 1. The Balaban J connectivity index is 2.16. The van der Waals surface area contributed by atoms with Gasteiger partial charge < -0.3 is 4.90 Å². The van der Waals surface area contributed by atoms with E-state index < -0.39 is 4.92 Å². The third-order valence-electron chi connectivity index (χ3n) is 3.81. The molecule has 0 radical (unpaired) electrons. The lowest BCUT2D eigenvalue weighted by atomic mass is 10.3. The lowest BCUT2D eigenvalue weighted by molar-refractivity contribution is -0.384. The van der Waals surface area contributed by atoms with Crippen LogP contribution in [0.5, 0.6) is 0 Å². The van der Waals surface area contributed by atoms with Crippen molar-refractivity contribution in [2.24, 2.45) is 0 Å². The molecule has 2 aromatic heterocycles. The molecule has 134 valence electrons. The summed E-state index contributed by atoms with van der Waals surface area (Å²) in [5.74, 6) is 0.00713. The molecule has 3 rings (SSSR count). The first kappa shape index (κ1) is 17.7. The second-order valence-corrected chi connectivity index (χ2v) is 5.42. The Morgan fingerprint density at radius 2 is 1.85 bits per heavy atom. The van der Waals surface area contributed by atoms with Crippen LogP contribution in [0.1, 0.15) is 12.8 Å². The molecule has 0 aliphatic heterocycles. The zero-order chi connectivity index (χ0) is 19.2. The van der Waals surface area contributed by atoms with Gasteiger partial charge in [0.25, 0.3) is 0 Å². The molecule has 11 nitrogen and oxygen atoms in total. The van der Waals surface area contributed by atoms with E-state index in [0.717, 1.165) is 0 Å². The fourth-order valence-corrected chi connectivity index (χ4v) is 2.63. The third kappa shape index (κ3) is 3.48. The zero-order valence-electron chi connectivity index (χ0n) is 14.1. The second kappa shape index (κ2) is 7.84. The van der Waals surface area contributed by atoms with Crippen molar-refractivity contribution < 1.29 is 4.92 Å². The minimum atomic E-state index is -0.590. The highest BCUT2D eigenvalue weighted by atomic mass is 16.6. The predicted molar refractivity (Wildman–Crippen MR) is 93.8 cm³/mol. The number of aromatic nitrogens is 5. The van der Waals surface area contributed by atoms with Gasteiger partial charge in [-0.05, 0) is 12.1 Å². The number of hydrogen-bond donors (Lipinski definition) is 0. The molecule has 11 heteroatoms. The summed E-state index contributed by atoms with van der Waals surface area (Å²) >= 11 is 0. The van der Waals surface area contributed by atoms with Crippen molar-refractivity contribution in [1.29, 1.82) is 10.5 Å². The minimum absolute atomic E-state index is 0.0300. The fourth-order valence-electron chi connectivity index (χ4n) is 2.63. The summed E-state index contributed by atoms with van der Waals surface area (Å²) in [5.41, 5.74) is 0.771. The summed E-state index contributed by atoms with van der Waals surface area (Å²) in [5, 5.41) is 37.5. The summed E-state index contributed by atoms with van der Waals surface area (Å²) in [6, 6.07) is 11.0. The van der Waals surface area contributed by atoms with Crippen LogP contribution in [0.4, 0.5) is 11.5 Å². The molecule has 27 heavy (non-hydrogen) atoms. The molecule has 0 N–H and O–H groups in total. The number of benzene rings is 1. The Morgan fingerprint density at radius 3 is 2.52 bits per heavy atom. The topological polar surface area (TPSA) is 150 Å². The van der Waals surface area contributed by atoms with E-state index in [4.69, 9.17) is 10.5 Å². The van der Waals surface area contributed by atoms with Gasteiger partial charge in [0.15, 0.2) is 0 Å². The molecule has 0 spiro atoms. The summed E-state index contributed by atoms with van der Waals surface area (Å²) in [4.78, 5) is 20.9. The second-order valence-electron chi connectivity index (χ2n) is 5.42. The maximum Gasteiger partial charge on any atom is 0.355 e. The SMILES string of the molecule is N#CCCN(CCC#N)c1ncnc(-n2nnc3ccccc32)c1[N+](=O)[O-]. The molecule has 0 saturated carbocycles. The van der Waals surface area contributed by atoms with Gasteiger partial charge in [-0.2, -0.15) is 15.2 Å². The maximum atomic E-state index is 11.8. The van der Waals surface area contributed by atoms with Crippen LogP contribution in [-0.4, -0.2) is 43.0 Å². The molecular formula is C16H13N9O2. The standard InChI is InChI=1S/C16H13N9O2/c17-7-3-9-23(10-4-8-18)15-14(25(26)27)16(20-11-19-15)24-13-6-2-1-5-12(13)21-22-24/h1-2,5-6,11H,3-4,9-10H2. The van der Waals surface area contributed by atoms with Crippen LogP contribution in [0, 0.1) is 32.8 Å². The molecule has 0 aliphatic carbocycles. The first-order valence-corrected chi connectivity index (χ1v) is 7.96. The van der Waals surface area contributed by atoms with Crippen molar-refractivity contribution in [3.63, 3.8) is 0 Å². The molecule has 0 saturated heterocycles. The molecule has 0 aliphatic rings. The largest absolute Gasteiger partial charge is 0.355 e. The van der Waals surface area contributed by atoms with E-state index in [1.165, 1.54) is 15.9 Å². The van der Waals surface area contributed by atoms with E-state index in [1.54, 1.807) is 24.3 Å². The van der Waals surface area contributed by atoms with Crippen LogP contribution >= 0.6 is 0 Å². The summed E-state index contributed by atoms with van der Waals surface area (Å²) in [7, 11) is 0. The summed E-state index contributed by atoms with van der Waals surface area (Å²) in [6.45, 7) is 0.404. The predicted octanol–water partition coefficient (Wildman–Crippen LogP) is 1.75. The van der Waals surface area contributed by atoms with E-state index in [0.29, 0.717) is 11.0 Å². The first-order chi connectivity index (χ1) is 13.2.